The molecule has 0 fully saturated rings. The fourth-order valence-corrected chi connectivity index (χ4v) is 2.07. The molecule has 1 N–H and O–H groups in total. The van der Waals surface area contributed by atoms with Crippen molar-refractivity contribution < 1.29 is 14.3 Å². The molecular formula is C19H23NO3. The van der Waals surface area contributed by atoms with Gasteiger partial charge in [-0.25, -0.2) is 0 Å². The number of ether oxygens (including phenoxy) is 2. The number of hydrogen-bond acceptors (Lipinski definition) is 3. The minimum absolute atomic E-state index is 0.154. The lowest BCUT2D eigenvalue weighted by Crippen LogP contribution is -2.11. The third kappa shape index (κ3) is 5.33. The van der Waals surface area contributed by atoms with Crippen LogP contribution in [-0.4, -0.2) is 19.1 Å². The second-order valence-corrected chi connectivity index (χ2v) is 5.14. The first-order valence-electron chi connectivity index (χ1n) is 8.00. The summed E-state index contributed by atoms with van der Waals surface area (Å²) in [6.45, 7) is 5.34. The number of benzene rings is 2. The van der Waals surface area contributed by atoms with E-state index in [1.54, 1.807) is 24.3 Å². The van der Waals surface area contributed by atoms with Crippen LogP contribution in [0.1, 0.15) is 37.0 Å². The van der Waals surface area contributed by atoms with E-state index in [2.05, 4.69) is 12.2 Å². The van der Waals surface area contributed by atoms with Crippen LogP contribution in [0.25, 0.3) is 0 Å². The smallest absolute Gasteiger partial charge is 0.255 e. The van der Waals surface area contributed by atoms with Crippen LogP contribution in [0.4, 0.5) is 5.69 Å². The van der Waals surface area contributed by atoms with E-state index in [1.165, 1.54) is 0 Å². The number of carbonyl (C=O) groups excluding carboxylic acids is 1. The van der Waals surface area contributed by atoms with Gasteiger partial charge in [-0.1, -0.05) is 19.4 Å². The topological polar surface area (TPSA) is 47.6 Å². The van der Waals surface area contributed by atoms with Crippen molar-refractivity contribution in [3.05, 3.63) is 54.1 Å². The van der Waals surface area contributed by atoms with Crippen molar-refractivity contribution in [3.63, 3.8) is 0 Å². The van der Waals surface area contributed by atoms with E-state index >= 15 is 0 Å². The molecule has 4 heteroatoms. The molecule has 122 valence electrons. The molecule has 4 nitrogen and oxygen atoms in total. The number of carbonyl (C=O) groups is 1. The quantitative estimate of drug-likeness (QED) is 0.729. The Balaban J connectivity index is 1.97. The van der Waals surface area contributed by atoms with Crippen LogP contribution in [0, 0.1) is 0 Å². The van der Waals surface area contributed by atoms with Gasteiger partial charge in [0.25, 0.3) is 5.91 Å². The number of amides is 1. The molecule has 0 saturated carbocycles. The lowest BCUT2D eigenvalue weighted by Gasteiger charge is -2.09. The van der Waals surface area contributed by atoms with Gasteiger partial charge in [-0.15, -0.1) is 0 Å². The second kappa shape index (κ2) is 8.83. The summed E-state index contributed by atoms with van der Waals surface area (Å²) in [5.41, 5.74) is 1.31. The summed E-state index contributed by atoms with van der Waals surface area (Å²) in [5.74, 6) is 1.37. The molecule has 0 radical (unpaired) electrons. The molecule has 2 aromatic carbocycles. The first-order chi connectivity index (χ1) is 11.2. The summed E-state index contributed by atoms with van der Waals surface area (Å²) in [4.78, 5) is 12.3. The molecule has 2 rings (SSSR count). The molecule has 1 amide bonds. The largest absolute Gasteiger partial charge is 0.494 e. The van der Waals surface area contributed by atoms with Gasteiger partial charge in [0.15, 0.2) is 0 Å². The van der Waals surface area contributed by atoms with Gasteiger partial charge in [-0.2, -0.15) is 0 Å². The molecular weight excluding hydrogens is 290 g/mol. The molecule has 0 aromatic heterocycles. The Labute approximate surface area is 137 Å². The molecule has 0 heterocycles. The average Bonchev–Trinajstić information content (AvgIpc) is 2.56. The zero-order valence-electron chi connectivity index (χ0n) is 13.7. The van der Waals surface area contributed by atoms with Crippen LogP contribution in [0.5, 0.6) is 11.5 Å². The highest BCUT2D eigenvalue weighted by Gasteiger charge is 2.07. The highest BCUT2D eigenvalue weighted by Crippen LogP contribution is 2.19. The molecule has 0 aliphatic carbocycles. The van der Waals surface area contributed by atoms with Crippen LogP contribution in [-0.2, 0) is 0 Å². The normalized spacial score (nSPS) is 10.2. The molecule has 23 heavy (non-hydrogen) atoms. The summed E-state index contributed by atoms with van der Waals surface area (Å²) in [7, 11) is 0. The Morgan fingerprint density at radius 2 is 1.78 bits per heavy atom. The zero-order valence-corrected chi connectivity index (χ0v) is 13.7. The number of anilines is 1. The van der Waals surface area contributed by atoms with Gasteiger partial charge >= 0.3 is 0 Å². The van der Waals surface area contributed by atoms with E-state index in [0.29, 0.717) is 18.8 Å². The van der Waals surface area contributed by atoms with Crippen molar-refractivity contribution in [2.75, 3.05) is 18.5 Å². The van der Waals surface area contributed by atoms with E-state index in [-0.39, 0.29) is 5.91 Å². The van der Waals surface area contributed by atoms with Gasteiger partial charge in [0.2, 0.25) is 0 Å². The van der Waals surface area contributed by atoms with E-state index in [4.69, 9.17) is 9.47 Å². The SMILES string of the molecule is CCCCOc1cccc(NC(=O)c2ccc(OCC)cc2)c1. The van der Waals surface area contributed by atoms with Crippen molar-refractivity contribution in [1.82, 2.24) is 0 Å². The monoisotopic (exact) mass is 313 g/mol. The van der Waals surface area contributed by atoms with Gasteiger partial charge in [0.05, 0.1) is 13.2 Å². The van der Waals surface area contributed by atoms with E-state index in [1.807, 2.05) is 31.2 Å². The number of unbranched alkanes of at least 4 members (excludes halogenated alkanes) is 1. The fourth-order valence-electron chi connectivity index (χ4n) is 2.07. The Morgan fingerprint density at radius 1 is 1.00 bits per heavy atom. The van der Waals surface area contributed by atoms with Crippen LogP contribution < -0.4 is 14.8 Å². The van der Waals surface area contributed by atoms with Crippen LogP contribution in [0.3, 0.4) is 0 Å². The summed E-state index contributed by atoms with van der Waals surface area (Å²) >= 11 is 0. The first kappa shape index (κ1) is 16.9. The van der Waals surface area contributed by atoms with Crippen LogP contribution in [0.2, 0.25) is 0 Å². The molecule has 0 unspecified atom stereocenters. The maximum absolute atomic E-state index is 12.3. The molecule has 0 atom stereocenters. The standard InChI is InChI=1S/C19H23NO3/c1-3-5-13-23-18-8-6-7-16(14-18)20-19(21)15-9-11-17(12-10-15)22-4-2/h6-12,14H,3-5,13H2,1-2H3,(H,20,21). The molecule has 2 aromatic rings. The van der Waals surface area contributed by atoms with Crippen molar-refractivity contribution in [2.45, 2.75) is 26.7 Å². The predicted molar refractivity (Wildman–Crippen MR) is 92.4 cm³/mol. The summed E-state index contributed by atoms with van der Waals surface area (Å²) in [5, 5.41) is 2.88. The number of nitrogens with one attached hydrogen (secondary N) is 1. The molecule has 0 saturated heterocycles. The predicted octanol–water partition coefficient (Wildman–Crippen LogP) is 4.52. The summed E-state index contributed by atoms with van der Waals surface area (Å²) in [6.07, 6.45) is 2.11. The maximum Gasteiger partial charge on any atom is 0.255 e. The zero-order chi connectivity index (χ0) is 16.5. The third-order valence-corrected chi connectivity index (χ3v) is 3.29. The molecule has 0 aliphatic rings. The van der Waals surface area contributed by atoms with Crippen LogP contribution >= 0.6 is 0 Å². The van der Waals surface area contributed by atoms with Gasteiger partial charge in [0.1, 0.15) is 11.5 Å². The van der Waals surface area contributed by atoms with Gasteiger partial charge in [0, 0.05) is 17.3 Å². The van der Waals surface area contributed by atoms with Crippen molar-refractivity contribution in [1.29, 1.82) is 0 Å². The molecule has 0 aliphatic heterocycles. The van der Waals surface area contributed by atoms with Crippen molar-refractivity contribution in [2.24, 2.45) is 0 Å². The van der Waals surface area contributed by atoms with Gasteiger partial charge < -0.3 is 14.8 Å². The second-order valence-electron chi connectivity index (χ2n) is 5.14. The molecule has 0 spiro atoms. The maximum atomic E-state index is 12.3. The average molecular weight is 313 g/mol. The van der Waals surface area contributed by atoms with Crippen LogP contribution in [0.15, 0.2) is 48.5 Å². The van der Waals surface area contributed by atoms with Gasteiger partial charge in [-0.3, -0.25) is 4.79 Å². The summed E-state index contributed by atoms with van der Waals surface area (Å²) in [6, 6.07) is 14.5. The van der Waals surface area contributed by atoms with E-state index in [9.17, 15) is 4.79 Å². The van der Waals surface area contributed by atoms with Crippen molar-refractivity contribution in [3.8, 4) is 11.5 Å². The third-order valence-electron chi connectivity index (χ3n) is 3.29. The fraction of sp³-hybridized carbons (Fsp3) is 0.316. The Kier molecular flexibility index (Phi) is 6.48. The lowest BCUT2D eigenvalue weighted by atomic mass is 10.2. The number of rotatable bonds is 8. The minimum atomic E-state index is -0.154. The highest BCUT2D eigenvalue weighted by molar-refractivity contribution is 6.04. The van der Waals surface area contributed by atoms with E-state index < -0.39 is 0 Å². The van der Waals surface area contributed by atoms with Gasteiger partial charge in [-0.05, 0) is 49.7 Å². The molecule has 0 bridgehead atoms. The van der Waals surface area contributed by atoms with E-state index in [0.717, 1.165) is 30.0 Å². The number of hydrogen-bond donors (Lipinski definition) is 1. The van der Waals surface area contributed by atoms with Crippen molar-refractivity contribution >= 4 is 11.6 Å². The lowest BCUT2D eigenvalue weighted by molar-refractivity contribution is 0.102. The Bertz CT molecular complexity index is 623. The summed E-state index contributed by atoms with van der Waals surface area (Å²) < 4.78 is 11.0. The first-order valence-corrected chi connectivity index (χ1v) is 8.00. The Morgan fingerprint density at radius 3 is 2.48 bits per heavy atom. The minimum Gasteiger partial charge on any atom is -0.494 e. The highest BCUT2D eigenvalue weighted by atomic mass is 16.5. The Hall–Kier alpha value is -2.49.